The van der Waals surface area contributed by atoms with Gasteiger partial charge in [-0.25, -0.2) is 0 Å². The Balaban J connectivity index is 2.15. The van der Waals surface area contributed by atoms with E-state index in [0.29, 0.717) is 5.92 Å². The second kappa shape index (κ2) is 5.35. The van der Waals surface area contributed by atoms with Gasteiger partial charge in [0.1, 0.15) is 5.75 Å². The molecule has 0 saturated heterocycles. The lowest BCUT2D eigenvalue weighted by Gasteiger charge is -2.27. The minimum absolute atomic E-state index is 0.364. The highest BCUT2D eigenvalue weighted by molar-refractivity contribution is 5.35. The fourth-order valence-corrected chi connectivity index (χ4v) is 2.61. The van der Waals surface area contributed by atoms with E-state index in [2.05, 4.69) is 0 Å². The van der Waals surface area contributed by atoms with Gasteiger partial charge in [0.15, 0.2) is 0 Å². The molecule has 88 valence electrons. The Bertz CT molecular complexity index is 329. The number of methoxy groups -OCH3 is 1. The Labute approximate surface area is 97.3 Å². The summed E-state index contributed by atoms with van der Waals surface area (Å²) in [7, 11) is 1.66. The molecule has 2 nitrogen and oxygen atoms in total. The van der Waals surface area contributed by atoms with Crippen LogP contribution in [0.15, 0.2) is 24.3 Å². The van der Waals surface area contributed by atoms with Crippen LogP contribution in [0.5, 0.6) is 5.75 Å². The molecule has 2 rings (SSSR count). The predicted molar refractivity (Wildman–Crippen MR) is 64.5 cm³/mol. The zero-order chi connectivity index (χ0) is 11.4. The van der Waals surface area contributed by atoms with Crippen LogP contribution < -0.4 is 4.74 Å². The van der Waals surface area contributed by atoms with E-state index in [1.807, 2.05) is 24.3 Å². The number of ether oxygens (including phenoxy) is 1. The second-order valence-corrected chi connectivity index (χ2v) is 4.58. The maximum absolute atomic E-state index is 10.4. The summed E-state index contributed by atoms with van der Waals surface area (Å²) in [5.74, 6) is 1.21. The van der Waals surface area contributed by atoms with Crippen LogP contribution in [-0.2, 0) is 0 Å². The molecule has 1 aromatic rings. The fourth-order valence-electron chi connectivity index (χ4n) is 2.61. The van der Waals surface area contributed by atoms with Crippen molar-refractivity contribution in [1.82, 2.24) is 0 Å². The van der Waals surface area contributed by atoms with Crippen LogP contribution in [0.4, 0.5) is 0 Å². The summed E-state index contributed by atoms with van der Waals surface area (Å²) >= 11 is 0. The summed E-state index contributed by atoms with van der Waals surface area (Å²) in [6.45, 7) is 0. The van der Waals surface area contributed by atoms with Crippen molar-refractivity contribution in [3.63, 3.8) is 0 Å². The van der Waals surface area contributed by atoms with Gasteiger partial charge in [0, 0.05) is 5.56 Å². The first-order valence-corrected chi connectivity index (χ1v) is 6.14. The molecule has 1 aliphatic carbocycles. The molecule has 0 aromatic heterocycles. The Hall–Kier alpha value is -1.02. The molecule has 0 bridgehead atoms. The average Bonchev–Trinajstić information content (AvgIpc) is 2.39. The molecular formula is C14H20O2. The van der Waals surface area contributed by atoms with Gasteiger partial charge >= 0.3 is 0 Å². The molecule has 2 heteroatoms. The van der Waals surface area contributed by atoms with E-state index in [-0.39, 0.29) is 6.10 Å². The van der Waals surface area contributed by atoms with E-state index >= 15 is 0 Å². The van der Waals surface area contributed by atoms with Gasteiger partial charge in [-0.2, -0.15) is 0 Å². The molecule has 1 atom stereocenters. The summed E-state index contributed by atoms with van der Waals surface area (Å²) in [5.41, 5.74) is 0.942. The largest absolute Gasteiger partial charge is 0.496 e. The maximum Gasteiger partial charge on any atom is 0.124 e. The number of benzene rings is 1. The normalized spacial score (nSPS) is 19.4. The van der Waals surface area contributed by atoms with Crippen LogP contribution in [0.3, 0.4) is 0 Å². The average molecular weight is 220 g/mol. The smallest absolute Gasteiger partial charge is 0.124 e. The van der Waals surface area contributed by atoms with E-state index in [9.17, 15) is 5.11 Å². The first-order valence-electron chi connectivity index (χ1n) is 6.14. The molecule has 0 amide bonds. The van der Waals surface area contributed by atoms with Crippen molar-refractivity contribution < 1.29 is 9.84 Å². The zero-order valence-electron chi connectivity index (χ0n) is 9.86. The third-order valence-electron chi connectivity index (χ3n) is 3.55. The van der Waals surface area contributed by atoms with Gasteiger partial charge in [-0.3, -0.25) is 0 Å². The Morgan fingerprint density at radius 1 is 1.19 bits per heavy atom. The van der Waals surface area contributed by atoms with E-state index < -0.39 is 0 Å². The number of aliphatic hydroxyl groups is 1. The number of aliphatic hydroxyl groups excluding tert-OH is 1. The SMILES string of the molecule is COc1ccccc1[C@@H](O)C1CCCCC1. The van der Waals surface area contributed by atoms with Crippen molar-refractivity contribution in [3.05, 3.63) is 29.8 Å². The summed E-state index contributed by atoms with van der Waals surface area (Å²) in [6.07, 6.45) is 5.72. The Morgan fingerprint density at radius 3 is 2.56 bits per heavy atom. The molecule has 0 spiro atoms. The lowest BCUT2D eigenvalue weighted by Crippen LogP contribution is -2.16. The number of rotatable bonds is 3. The number of para-hydroxylation sites is 1. The minimum atomic E-state index is -0.364. The highest BCUT2D eigenvalue weighted by Crippen LogP contribution is 2.37. The summed E-state index contributed by atoms with van der Waals surface area (Å²) < 4.78 is 5.30. The predicted octanol–water partition coefficient (Wildman–Crippen LogP) is 3.31. The quantitative estimate of drug-likeness (QED) is 0.846. The molecule has 1 N–H and O–H groups in total. The highest BCUT2D eigenvalue weighted by atomic mass is 16.5. The van der Waals surface area contributed by atoms with Gasteiger partial charge in [-0.1, -0.05) is 37.5 Å². The first-order chi connectivity index (χ1) is 7.83. The Morgan fingerprint density at radius 2 is 1.88 bits per heavy atom. The van der Waals surface area contributed by atoms with Crippen LogP contribution in [0.25, 0.3) is 0 Å². The van der Waals surface area contributed by atoms with Crippen molar-refractivity contribution in [2.75, 3.05) is 7.11 Å². The van der Waals surface area contributed by atoms with E-state index in [4.69, 9.17) is 4.74 Å². The lowest BCUT2D eigenvalue weighted by molar-refractivity contribution is 0.0825. The molecule has 0 radical (unpaired) electrons. The molecule has 0 heterocycles. The highest BCUT2D eigenvalue weighted by Gasteiger charge is 2.24. The monoisotopic (exact) mass is 220 g/mol. The summed E-state index contributed by atoms with van der Waals surface area (Å²) in [6, 6.07) is 7.79. The number of hydrogen-bond acceptors (Lipinski definition) is 2. The van der Waals surface area contributed by atoms with Crippen LogP contribution in [0.1, 0.15) is 43.8 Å². The first kappa shape index (κ1) is 11.5. The van der Waals surface area contributed by atoms with Crippen LogP contribution in [0.2, 0.25) is 0 Å². The van der Waals surface area contributed by atoms with Gasteiger partial charge in [0.25, 0.3) is 0 Å². The molecule has 1 fully saturated rings. The van der Waals surface area contributed by atoms with Crippen molar-refractivity contribution >= 4 is 0 Å². The van der Waals surface area contributed by atoms with Crippen molar-refractivity contribution in [3.8, 4) is 5.75 Å². The Kier molecular flexibility index (Phi) is 3.83. The fraction of sp³-hybridized carbons (Fsp3) is 0.571. The van der Waals surface area contributed by atoms with Crippen LogP contribution in [-0.4, -0.2) is 12.2 Å². The van der Waals surface area contributed by atoms with Gasteiger partial charge in [-0.05, 0) is 24.8 Å². The molecule has 0 aliphatic heterocycles. The third-order valence-corrected chi connectivity index (χ3v) is 3.55. The molecule has 1 saturated carbocycles. The van der Waals surface area contributed by atoms with E-state index in [1.165, 1.54) is 19.3 Å². The maximum atomic E-state index is 10.4. The van der Waals surface area contributed by atoms with Gasteiger partial charge in [-0.15, -0.1) is 0 Å². The zero-order valence-corrected chi connectivity index (χ0v) is 9.86. The molecule has 16 heavy (non-hydrogen) atoms. The standard InChI is InChI=1S/C14H20O2/c1-16-13-10-6-5-9-12(13)14(15)11-7-3-2-4-8-11/h5-6,9-11,14-15H,2-4,7-8H2,1H3/t14-/m0/s1. The third kappa shape index (κ3) is 2.38. The van der Waals surface area contributed by atoms with Gasteiger partial charge < -0.3 is 9.84 Å². The molecular weight excluding hydrogens is 200 g/mol. The minimum Gasteiger partial charge on any atom is -0.496 e. The second-order valence-electron chi connectivity index (χ2n) is 4.58. The molecule has 1 aromatic carbocycles. The van der Waals surface area contributed by atoms with Crippen molar-refractivity contribution in [2.24, 2.45) is 5.92 Å². The lowest BCUT2D eigenvalue weighted by atomic mass is 9.82. The topological polar surface area (TPSA) is 29.5 Å². The van der Waals surface area contributed by atoms with Crippen LogP contribution in [0, 0.1) is 5.92 Å². The van der Waals surface area contributed by atoms with Crippen molar-refractivity contribution in [2.45, 2.75) is 38.2 Å². The molecule has 1 aliphatic rings. The number of hydrogen-bond donors (Lipinski definition) is 1. The van der Waals surface area contributed by atoms with Crippen molar-refractivity contribution in [1.29, 1.82) is 0 Å². The molecule has 0 unspecified atom stereocenters. The summed E-state index contributed by atoms with van der Waals surface area (Å²) in [5, 5.41) is 10.4. The summed E-state index contributed by atoms with van der Waals surface area (Å²) in [4.78, 5) is 0. The van der Waals surface area contributed by atoms with Crippen LogP contribution >= 0.6 is 0 Å². The van der Waals surface area contributed by atoms with E-state index in [1.54, 1.807) is 7.11 Å². The van der Waals surface area contributed by atoms with Gasteiger partial charge in [0.05, 0.1) is 13.2 Å². The van der Waals surface area contributed by atoms with E-state index in [0.717, 1.165) is 24.2 Å². The van der Waals surface area contributed by atoms with Gasteiger partial charge in [0.2, 0.25) is 0 Å².